The molecule has 2 aromatic rings. The van der Waals surface area contributed by atoms with Crippen molar-refractivity contribution in [1.82, 2.24) is 0 Å². The summed E-state index contributed by atoms with van der Waals surface area (Å²) < 4.78 is 0. The highest BCUT2D eigenvalue weighted by Crippen LogP contribution is 2.40. The summed E-state index contributed by atoms with van der Waals surface area (Å²) in [7, 11) is 0. The summed E-state index contributed by atoms with van der Waals surface area (Å²) in [6.45, 7) is 0. The molecule has 0 aliphatic rings. The van der Waals surface area contributed by atoms with Crippen molar-refractivity contribution in [3.8, 4) is 11.1 Å². The first-order valence-electron chi connectivity index (χ1n) is 4.59. The molecule has 0 saturated heterocycles. The van der Waals surface area contributed by atoms with E-state index in [9.17, 15) is 0 Å². The lowest BCUT2D eigenvalue weighted by Crippen LogP contribution is -1.83. The molecular weight excluding hydrogens is 321 g/mol. The first-order valence-corrected chi connectivity index (χ1v) is 6.48. The van der Waals surface area contributed by atoms with E-state index in [0.29, 0.717) is 36.2 Å². The third kappa shape index (κ3) is 2.83. The van der Waals surface area contributed by atoms with Crippen LogP contribution < -0.4 is 0 Å². The largest absolute Gasteiger partial charge is 0.0843 e. The van der Waals surface area contributed by atoms with E-state index in [1.165, 1.54) is 0 Å². The smallest absolute Gasteiger partial charge is 0.0672 e. The number of benzene rings is 2. The van der Waals surface area contributed by atoms with Crippen LogP contribution in [-0.4, -0.2) is 0 Å². The average molecular weight is 326 g/mol. The predicted octanol–water partition coefficient (Wildman–Crippen LogP) is 6.62. The van der Waals surface area contributed by atoms with Crippen molar-refractivity contribution in [3.05, 3.63) is 55.4 Å². The van der Waals surface area contributed by atoms with Gasteiger partial charge in [0.15, 0.2) is 0 Å². The van der Waals surface area contributed by atoms with Crippen LogP contribution in [0.2, 0.25) is 25.1 Å². The van der Waals surface area contributed by atoms with Crippen LogP contribution in [0.3, 0.4) is 0 Å². The maximum absolute atomic E-state index is 6.13. The molecule has 0 fully saturated rings. The van der Waals surface area contributed by atoms with Gasteiger partial charge in [-0.1, -0.05) is 58.0 Å². The molecule has 0 saturated carbocycles. The van der Waals surface area contributed by atoms with Crippen molar-refractivity contribution in [2.24, 2.45) is 0 Å². The SMILES string of the molecule is Clc1ccc(Cl)c(-c2cc(Cl)cc(Cl)c2Cl)c1. The van der Waals surface area contributed by atoms with E-state index >= 15 is 0 Å². The van der Waals surface area contributed by atoms with E-state index in [4.69, 9.17) is 58.0 Å². The third-order valence-electron chi connectivity index (χ3n) is 2.21. The van der Waals surface area contributed by atoms with Crippen LogP contribution >= 0.6 is 58.0 Å². The highest BCUT2D eigenvalue weighted by Gasteiger charge is 2.12. The fraction of sp³-hybridized carbons (Fsp3) is 0. The molecule has 88 valence electrons. The Bertz CT molecular complexity index is 577. The molecule has 0 heterocycles. The van der Waals surface area contributed by atoms with Crippen molar-refractivity contribution >= 4 is 58.0 Å². The summed E-state index contributed by atoms with van der Waals surface area (Å²) in [6, 6.07) is 8.40. The Labute approximate surface area is 124 Å². The van der Waals surface area contributed by atoms with Crippen molar-refractivity contribution < 1.29 is 0 Å². The molecule has 2 aromatic carbocycles. The van der Waals surface area contributed by atoms with Crippen molar-refractivity contribution in [3.63, 3.8) is 0 Å². The third-order valence-corrected chi connectivity index (χ3v) is 3.80. The topological polar surface area (TPSA) is 0 Å². The number of hydrogen-bond acceptors (Lipinski definition) is 0. The van der Waals surface area contributed by atoms with E-state index < -0.39 is 0 Å². The Kier molecular flexibility index (Phi) is 4.12. The summed E-state index contributed by atoms with van der Waals surface area (Å²) >= 11 is 30.1. The maximum atomic E-state index is 6.13. The van der Waals surface area contributed by atoms with Crippen LogP contribution in [0.5, 0.6) is 0 Å². The predicted molar refractivity (Wildman–Crippen MR) is 76.9 cm³/mol. The summed E-state index contributed by atoms with van der Waals surface area (Å²) in [5.41, 5.74) is 1.37. The molecule has 0 nitrogen and oxygen atoms in total. The first-order chi connectivity index (χ1) is 7.99. The Morgan fingerprint density at radius 2 is 1.24 bits per heavy atom. The molecule has 0 bridgehead atoms. The molecule has 0 radical (unpaired) electrons. The van der Waals surface area contributed by atoms with Crippen molar-refractivity contribution in [1.29, 1.82) is 0 Å². The van der Waals surface area contributed by atoms with Gasteiger partial charge in [0.2, 0.25) is 0 Å². The molecule has 0 aliphatic carbocycles. The summed E-state index contributed by atoms with van der Waals surface area (Å²) in [5.74, 6) is 0. The second-order valence-corrected chi connectivity index (χ2v) is 5.44. The molecule has 0 aliphatic heterocycles. The van der Waals surface area contributed by atoms with Crippen LogP contribution in [0.4, 0.5) is 0 Å². The van der Waals surface area contributed by atoms with Crippen LogP contribution in [0.1, 0.15) is 0 Å². The molecule has 0 N–H and O–H groups in total. The van der Waals surface area contributed by atoms with Crippen LogP contribution in [0.25, 0.3) is 11.1 Å². The Morgan fingerprint density at radius 3 is 1.94 bits per heavy atom. The van der Waals surface area contributed by atoms with Gasteiger partial charge in [-0.15, -0.1) is 0 Å². The van der Waals surface area contributed by atoms with E-state index in [1.54, 1.807) is 30.3 Å². The fourth-order valence-corrected chi connectivity index (χ4v) is 2.55. The zero-order chi connectivity index (χ0) is 12.6. The molecule has 0 spiro atoms. The molecular formula is C12H5Cl5. The van der Waals surface area contributed by atoms with Gasteiger partial charge in [-0.25, -0.2) is 0 Å². The van der Waals surface area contributed by atoms with Gasteiger partial charge < -0.3 is 0 Å². The van der Waals surface area contributed by atoms with E-state index in [0.717, 1.165) is 0 Å². The molecule has 0 aromatic heterocycles. The second kappa shape index (κ2) is 5.26. The highest BCUT2D eigenvalue weighted by atomic mass is 35.5. The zero-order valence-corrected chi connectivity index (χ0v) is 12.1. The van der Waals surface area contributed by atoms with Gasteiger partial charge in [-0.05, 0) is 30.3 Å². The molecule has 0 amide bonds. The minimum absolute atomic E-state index is 0.380. The van der Waals surface area contributed by atoms with Gasteiger partial charge in [0, 0.05) is 26.2 Å². The van der Waals surface area contributed by atoms with Crippen molar-refractivity contribution in [2.45, 2.75) is 0 Å². The lowest BCUT2D eigenvalue weighted by atomic mass is 10.1. The van der Waals surface area contributed by atoms with Gasteiger partial charge in [-0.3, -0.25) is 0 Å². The first kappa shape index (κ1) is 13.3. The van der Waals surface area contributed by atoms with Gasteiger partial charge in [0.25, 0.3) is 0 Å². The standard InChI is InChI=1S/C12H5Cl5/c13-6-1-2-10(15)8(3-6)9-4-7(14)5-11(16)12(9)17/h1-5H. The minimum atomic E-state index is 0.380. The fourth-order valence-electron chi connectivity index (χ4n) is 1.46. The summed E-state index contributed by atoms with van der Waals surface area (Å²) in [5, 5.41) is 2.38. The molecule has 0 atom stereocenters. The van der Waals surface area contributed by atoms with Crippen LogP contribution in [-0.2, 0) is 0 Å². The van der Waals surface area contributed by atoms with Crippen LogP contribution in [0.15, 0.2) is 30.3 Å². The van der Waals surface area contributed by atoms with Gasteiger partial charge in [0.05, 0.1) is 10.0 Å². The second-order valence-electron chi connectivity index (χ2n) is 3.37. The number of hydrogen-bond donors (Lipinski definition) is 0. The highest BCUT2D eigenvalue weighted by molar-refractivity contribution is 6.45. The van der Waals surface area contributed by atoms with Gasteiger partial charge in [0.1, 0.15) is 0 Å². The Morgan fingerprint density at radius 1 is 0.588 bits per heavy atom. The number of rotatable bonds is 1. The summed E-state index contributed by atoms with van der Waals surface area (Å²) in [6.07, 6.45) is 0. The maximum Gasteiger partial charge on any atom is 0.0672 e. The Balaban J connectivity index is 2.72. The Hall–Kier alpha value is -0.110. The number of halogens is 5. The van der Waals surface area contributed by atoms with E-state index in [2.05, 4.69) is 0 Å². The average Bonchev–Trinajstić information content (AvgIpc) is 2.27. The van der Waals surface area contributed by atoms with Crippen LogP contribution in [0, 0.1) is 0 Å². The normalized spacial score (nSPS) is 10.6. The molecule has 17 heavy (non-hydrogen) atoms. The van der Waals surface area contributed by atoms with Crippen molar-refractivity contribution in [2.75, 3.05) is 0 Å². The summed E-state index contributed by atoms with van der Waals surface area (Å²) in [4.78, 5) is 0. The zero-order valence-electron chi connectivity index (χ0n) is 8.28. The lowest BCUT2D eigenvalue weighted by Gasteiger charge is -2.09. The van der Waals surface area contributed by atoms with E-state index in [1.807, 2.05) is 0 Å². The molecule has 0 unspecified atom stereocenters. The monoisotopic (exact) mass is 324 g/mol. The quantitative estimate of drug-likeness (QED) is 0.517. The molecule has 2 rings (SSSR count). The molecule has 5 heteroatoms. The lowest BCUT2D eigenvalue weighted by molar-refractivity contribution is 1.61. The van der Waals surface area contributed by atoms with Gasteiger partial charge in [-0.2, -0.15) is 0 Å². The van der Waals surface area contributed by atoms with Gasteiger partial charge >= 0.3 is 0 Å². The minimum Gasteiger partial charge on any atom is -0.0843 e. The van der Waals surface area contributed by atoms with E-state index in [-0.39, 0.29) is 0 Å².